The Bertz CT molecular complexity index is 937. The van der Waals surface area contributed by atoms with E-state index in [1.54, 1.807) is 24.4 Å². The van der Waals surface area contributed by atoms with Crippen molar-refractivity contribution in [3.63, 3.8) is 0 Å². The molecule has 2 aromatic carbocycles. The number of para-hydroxylation sites is 1. The van der Waals surface area contributed by atoms with Crippen LogP contribution in [0.25, 0.3) is 10.9 Å². The molecule has 6 heteroatoms. The minimum Gasteiger partial charge on any atom is -0.480 e. The number of nitrogens with zero attached hydrogens (tertiary/aromatic N) is 1. The predicted molar refractivity (Wildman–Crippen MR) is 103 cm³/mol. The number of hydrogen-bond acceptors (Lipinski definition) is 3. The molecule has 1 aromatic heterocycles. The van der Waals surface area contributed by atoms with Crippen molar-refractivity contribution in [3.05, 3.63) is 75.5 Å². The van der Waals surface area contributed by atoms with E-state index >= 15 is 0 Å². The molecule has 0 unspecified atom stereocenters. The predicted octanol–water partition coefficient (Wildman–Crippen LogP) is 3.27. The standard InChI is InChI=1S/C19H15IN2O3/c20-14-7-1-4-12(10-14)11-16(19(24)25)22-18(23)15-8-2-5-13-6-3-9-21-17(13)15/h1-10,16H,11H2,(H,22,23)(H,24,25)/t16-/m0/s1. The Morgan fingerprint density at radius 2 is 1.88 bits per heavy atom. The lowest BCUT2D eigenvalue weighted by atomic mass is 10.0. The average Bonchev–Trinajstić information content (AvgIpc) is 2.60. The maximum absolute atomic E-state index is 12.6. The van der Waals surface area contributed by atoms with E-state index in [1.165, 1.54) is 0 Å². The van der Waals surface area contributed by atoms with Crippen LogP contribution in [0.1, 0.15) is 15.9 Å². The van der Waals surface area contributed by atoms with Gasteiger partial charge in [0.2, 0.25) is 0 Å². The minimum atomic E-state index is -1.07. The van der Waals surface area contributed by atoms with Gasteiger partial charge in [-0.15, -0.1) is 0 Å². The van der Waals surface area contributed by atoms with Crippen LogP contribution in [0.3, 0.4) is 0 Å². The molecule has 3 aromatic rings. The molecule has 3 rings (SSSR count). The number of carbonyl (C=O) groups excluding carboxylic acids is 1. The van der Waals surface area contributed by atoms with Crippen molar-refractivity contribution >= 4 is 45.4 Å². The molecule has 0 aliphatic heterocycles. The van der Waals surface area contributed by atoms with Gasteiger partial charge >= 0.3 is 5.97 Å². The number of carbonyl (C=O) groups is 2. The molecule has 0 radical (unpaired) electrons. The van der Waals surface area contributed by atoms with Crippen molar-refractivity contribution in [3.8, 4) is 0 Å². The number of benzene rings is 2. The second kappa shape index (κ2) is 7.60. The van der Waals surface area contributed by atoms with Gasteiger partial charge in [-0.1, -0.05) is 30.3 Å². The maximum Gasteiger partial charge on any atom is 0.326 e. The van der Waals surface area contributed by atoms with E-state index in [1.807, 2.05) is 36.4 Å². The van der Waals surface area contributed by atoms with Gasteiger partial charge in [0.1, 0.15) is 6.04 Å². The Labute approximate surface area is 158 Å². The summed E-state index contributed by atoms with van der Waals surface area (Å²) in [5, 5.41) is 12.9. The molecule has 5 nitrogen and oxygen atoms in total. The van der Waals surface area contributed by atoms with E-state index in [4.69, 9.17) is 0 Å². The van der Waals surface area contributed by atoms with Crippen molar-refractivity contribution in [1.82, 2.24) is 10.3 Å². The monoisotopic (exact) mass is 446 g/mol. The SMILES string of the molecule is O=C(N[C@@H](Cc1cccc(I)c1)C(=O)O)c1cccc2cccnc12. The highest BCUT2D eigenvalue weighted by molar-refractivity contribution is 14.1. The van der Waals surface area contributed by atoms with Gasteiger partial charge in [0.05, 0.1) is 11.1 Å². The van der Waals surface area contributed by atoms with Crippen molar-refractivity contribution in [2.45, 2.75) is 12.5 Å². The summed E-state index contributed by atoms with van der Waals surface area (Å²) in [5.74, 6) is -1.51. The molecule has 1 atom stereocenters. The zero-order valence-electron chi connectivity index (χ0n) is 13.1. The first-order valence-corrected chi connectivity index (χ1v) is 8.74. The second-order valence-electron chi connectivity index (χ2n) is 5.58. The summed E-state index contributed by atoms with van der Waals surface area (Å²) in [6.45, 7) is 0. The van der Waals surface area contributed by atoms with Crippen LogP contribution < -0.4 is 5.32 Å². The number of aromatic nitrogens is 1. The number of carboxylic acid groups (broad SMARTS) is 1. The molecule has 126 valence electrons. The van der Waals surface area contributed by atoms with Gasteiger partial charge in [-0.2, -0.15) is 0 Å². The van der Waals surface area contributed by atoms with Gasteiger partial charge in [-0.25, -0.2) is 4.79 Å². The van der Waals surface area contributed by atoms with Crippen molar-refractivity contribution in [2.75, 3.05) is 0 Å². The summed E-state index contributed by atoms with van der Waals surface area (Å²) < 4.78 is 1.02. The van der Waals surface area contributed by atoms with Gasteiger partial charge < -0.3 is 10.4 Å². The smallest absolute Gasteiger partial charge is 0.326 e. The van der Waals surface area contributed by atoms with E-state index in [-0.39, 0.29) is 6.42 Å². The first-order chi connectivity index (χ1) is 12.0. The topological polar surface area (TPSA) is 79.3 Å². The molecule has 25 heavy (non-hydrogen) atoms. The molecule has 0 saturated heterocycles. The second-order valence-corrected chi connectivity index (χ2v) is 6.82. The third-order valence-corrected chi connectivity index (χ3v) is 4.48. The summed E-state index contributed by atoms with van der Waals surface area (Å²) in [5.41, 5.74) is 1.78. The van der Waals surface area contributed by atoms with E-state index in [0.29, 0.717) is 11.1 Å². The molecular formula is C19H15IN2O3. The van der Waals surface area contributed by atoms with Gasteiger partial charge in [0.25, 0.3) is 5.91 Å². The molecule has 2 N–H and O–H groups in total. The van der Waals surface area contributed by atoms with Gasteiger partial charge in [-0.05, 0) is 52.4 Å². The summed E-state index contributed by atoms with van der Waals surface area (Å²) in [6, 6.07) is 15.5. The number of carboxylic acids is 1. The molecule has 1 amide bonds. The molecule has 0 spiro atoms. The molecule has 0 bridgehead atoms. The summed E-state index contributed by atoms with van der Waals surface area (Å²) >= 11 is 2.17. The minimum absolute atomic E-state index is 0.218. The molecule has 0 fully saturated rings. The average molecular weight is 446 g/mol. The van der Waals surface area contributed by atoms with Crippen LogP contribution in [0.15, 0.2) is 60.8 Å². The lowest BCUT2D eigenvalue weighted by molar-refractivity contribution is -0.139. The van der Waals surface area contributed by atoms with Gasteiger partial charge in [0, 0.05) is 21.6 Å². The van der Waals surface area contributed by atoms with Crippen LogP contribution >= 0.6 is 22.6 Å². The fourth-order valence-electron chi connectivity index (χ4n) is 2.62. The Morgan fingerprint density at radius 1 is 1.12 bits per heavy atom. The third-order valence-electron chi connectivity index (χ3n) is 3.81. The zero-order chi connectivity index (χ0) is 17.8. The Morgan fingerprint density at radius 3 is 2.64 bits per heavy atom. The first-order valence-electron chi connectivity index (χ1n) is 7.66. The molecule has 0 aliphatic carbocycles. The normalized spacial score (nSPS) is 11.9. The quantitative estimate of drug-likeness (QED) is 0.590. The molecule has 0 saturated carbocycles. The maximum atomic E-state index is 12.6. The van der Waals surface area contributed by atoms with Crippen LogP contribution in [0.5, 0.6) is 0 Å². The number of amides is 1. The number of nitrogens with one attached hydrogen (secondary N) is 1. The highest BCUT2D eigenvalue weighted by atomic mass is 127. The van der Waals surface area contributed by atoms with Crippen LogP contribution in [0, 0.1) is 3.57 Å². The number of hydrogen-bond donors (Lipinski definition) is 2. The Kier molecular flexibility index (Phi) is 5.28. The Balaban J connectivity index is 1.84. The van der Waals surface area contributed by atoms with E-state index in [2.05, 4.69) is 32.9 Å². The summed E-state index contributed by atoms with van der Waals surface area (Å²) in [6.07, 6.45) is 1.83. The van der Waals surface area contributed by atoms with Gasteiger partial charge in [0.15, 0.2) is 0 Å². The largest absolute Gasteiger partial charge is 0.480 e. The fourth-order valence-corrected chi connectivity index (χ4v) is 3.23. The lowest BCUT2D eigenvalue weighted by Crippen LogP contribution is -2.42. The van der Waals surface area contributed by atoms with Crippen LogP contribution in [0.2, 0.25) is 0 Å². The number of rotatable bonds is 5. The highest BCUT2D eigenvalue weighted by Gasteiger charge is 2.22. The zero-order valence-corrected chi connectivity index (χ0v) is 15.3. The third kappa shape index (κ3) is 4.14. The van der Waals surface area contributed by atoms with Gasteiger partial charge in [-0.3, -0.25) is 9.78 Å². The van der Waals surface area contributed by atoms with E-state index in [9.17, 15) is 14.7 Å². The fraction of sp³-hybridized carbons (Fsp3) is 0.105. The number of aliphatic carboxylic acids is 1. The summed E-state index contributed by atoms with van der Waals surface area (Å²) in [4.78, 5) is 28.4. The molecular weight excluding hydrogens is 431 g/mol. The van der Waals surface area contributed by atoms with Crippen LogP contribution in [-0.2, 0) is 11.2 Å². The summed E-state index contributed by atoms with van der Waals surface area (Å²) in [7, 11) is 0. The first kappa shape index (κ1) is 17.3. The highest BCUT2D eigenvalue weighted by Crippen LogP contribution is 2.16. The van der Waals surface area contributed by atoms with E-state index < -0.39 is 17.9 Å². The molecule has 1 heterocycles. The van der Waals surface area contributed by atoms with Crippen molar-refractivity contribution in [1.29, 1.82) is 0 Å². The van der Waals surface area contributed by atoms with Crippen LogP contribution in [-0.4, -0.2) is 28.0 Å². The van der Waals surface area contributed by atoms with Crippen LogP contribution in [0.4, 0.5) is 0 Å². The Hall–Kier alpha value is -2.48. The van der Waals surface area contributed by atoms with Crippen molar-refractivity contribution < 1.29 is 14.7 Å². The number of halogens is 1. The van der Waals surface area contributed by atoms with E-state index in [0.717, 1.165) is 14.5 Å². The number of pyridine rings is 1. The molecule has 0 aliphatic rings. The number of fused-ring (bicyclic) bond motifs is 1. The lowest BCUT2D eigenvalue weighted by Gasteiger charge is -2.15. The van der Waals surface area contributed by atoms with Crippen molar-refractivity contribution in [2.24, 2.45) is 0 Å².